The summed E-state index contributed by atoms with van der Waals surface area (Å²) in [6.45, 7) is 1.90. The summed E-state index contributed by atoms with van der Waals surface area (Å²) in [6, 6.07) is 5.33. The van der Waals surface area contributed by atoms with E-state index in [-0.39, 0.29) is 4.21 Å². The average Bonchev–Trinajstić information content (AvgIpc) is 2.54. The molecule has 6 heteroatoms. The highest BCUT2D eigenvalue weighted by Crippen LogP contribution is 2.37. The van der Waals surface area contributed by atoms with E-state index in [2.05, 4.69) is 0 Å². The van der Waals surface area contributed by atoms with Gasteiger partial charge in [-0.05, 0) is 35.6 Å². The molecule has 0 radical (unpaired) electrons. The molecule has 1 aromatic carbocycles. The standard InChI is InChI=1S/C10H8Cl2O2S2/c1-2-7-8-5-6(11)3-4-9(8)15-10(7)16(12,13)14/h3-5H,2H2,1H3. The lowest BCUT2D eigenvalue weighted by Crippen LogP contribution is -1.91. The summed E-state index contributed by atoms with van der Waals surface area (Å²) >= 11 is 7.08. The summed E-state index contributed by atoms with van der Waals surface area (Å²) in [5, 5.41) is 1.47. The molecule has 2 rings (SSSR count). The van der Waals surface area contributed by atoms with E-state index in [1.807, 2.05) is 13.0 Å². The molecule has 86 valence electrons. The van der Waals surface area contributed by atoms with Crippen molar-refractivity contribution in [3.8, 4) is 0 Å². The van der Waals surface area contributed by atoms with Gasteiger partial charge in [-0.2, -0.15) is 0 Å². The van der Waals surface area contributed by atoms with E-state index in [0.717, 1.165) is 15.6 Å². The van der Waals surface area contributed by atoms with Crippen LogP contribution in [-0.4, -0.2) is 8.42 Å². The smallest absolute Gasteiger partial charge is 0.206 e. The van der Waals surface area contributed by atoms with E-state index in [1.54, 1.807) is 12.1 Å². The van der Waals surface area contributed by atoms with Crippen molar-refractivity contribution in [1.29, 1.82) is 0 Å². The maximum Gasteiger partial charge on any atom is 0.271 e. The van der Waals surface area contributed by atoms with Gasteiger partial charge in [0.2, 0.25) is 0 Å². The van der Waals surface area contributed by atoms with E-state index in [4.69, 9.17) is 22.3 Å². The third-order valence-corrected chi connectivity index (χ3v) is 5.87. The Morgan fingerprint density at radius 3 is 2.62 bits per heavy atom. The van der Waals surface area contributed by atoms with Gasteiger partial charge in [0.15, 0.2) is 0 Å². The number of hydrogen-bond donors (Lipinski definition) is 0. The van der Waals surface area contributed by atoms with Crippen LogP contribution in [0.5, 0.6) is 0 Å². The average molecular weight is 295 g/mol. The Morgan fingerprint density at radius 1 is 1.38 bits per heavy atom. The van der Waals surface area contributed by atoms with Crippen LogP contribution in [-0.2, 0) is 15.5 Å². The monoisotopic (exact) mass is 294 g/mol. The van der Waals surface area contributed by atoms with Crippen LogP contribution in [0.3, 0.4) is 0 Å². The molecule has 16 heavy (non-hydrogen) atoms. The zero-order valence-corrected chi connectivity index (χ0v) is 11.5. The topological polar surface area (TPSA) is 34.1 Å². The van der Waals surface area contributed by atoms with Crippen LogP contribution in [0.4, 0.5) is 0 Å². The quantitative estimate of drug-likeness (QED) is 0.783. The maximum absolute atomic E-state index is 11.4. The molecule has 0 fully saturated rings. The van der Waals surface area contributed by atoms with Crippen LogP contribution in [0, 0.1) is 0 Å². The Hall–Kier alpha value is -0.290. The maximum atomic E-state index is 11.4. The molecule has 0 saturated carbocycles. The molecule has 0 amide bonds. The van der Waals surface area contributed by atoms with Gasteiger partial charge in [0, 0.05) is 20.4 Å². The number of aryl methyl sites for hydroxylation is 1. The number of hydrogen-bond acceptors (Lipinski definition) is 3. The van der Waals surface area contributed by atoms with Crippen molar-refractivity contribution in [2.75, 3.05) is 0 Å². The van der Waals surface area contributed by atoms with Gasteiger partial charge in [-0.25, -0.2) is 8.42 Å². The van der Waals surface area contributed by atoms with Crippen molar-refractivity contribution in [3.05, 3.63) is 28.8 Å². The minimum absolute atomic E-state index is 0.230. The lowest BCUT2D eigenvalue weighted by atomic mass is 10.1. The molecule has 0 atom stereocenters. The second kappa shape index (κ2) is 4.18. The number of benzene rings is 1. The Labute approximate surface area is 107 Å². The Bertz CT molecular complexity index is 644. The molecule has 1 heterocycles. The first-order chi connectivity index (χ1) is 7.43. The zero-order chi connectivity index (χ0) is 11.9. The van der Waals surface area contributed by atoms with E-state index >= 15 is 0 Å². The lowest BCUT2D eigenvalue weighted by Gasteiger charge is -1.97. The summed E-state index contributed by atoms with van der Waals surface area (Å²) in [5.74, 6) is 0. The highest BCUT2D eigenvalue weighted by Gasteiger charge is 2.20. The van der Waals surface area contributed by atoms with E-state index in [9.17, 15) is 8.42 Å². The van der Waals surface area contributed by atoms with Gasteiger partial charge in [-0.3, -0.25) is 0 Å². The minimum atomic E-state index is -3.67. The fourth-order valence-electron chi connectivity index (χ4n) is 1.63. The van der Waals surface area contributed by atoms with Crippen LogP contribution in [0.15, 0.2) is 22.4 Å². The molecule has 0 spiro atoms. The van der Waals surface area contributed by atoms with Crippen molar-refractivity contribution in [2.45, 2.75) is 17.6 Å². The van der Waals surface area contributed by atoms with Crippen molar-refractivity contribution in [2.24, 2.45) is 0 Å². The summed E-state index contributed by atoms with van der Waals surface area (Å²) < 4.78 is 23.9. The zero-order valence-electron chi connectivity index (χ0n) is 8.33. The first kappa shape index (κ1) is 12.2. The van der Waals surface area contributed by atoms with E-state index in [0.29, 0.717) is 11.4 Å². The number of thiophene rings is 1. The third kappa shape index (κ3) is 2.07. The molecular weight excluding hydrogens is 287 g/mol. The van der Waals surface area contributed by atoms with Crippen LogP contribution in [0.1, 0.15) is 12.5 Å². The van der Waals surface area contributed by atoms with Crippen molar-refractivity contribution in [1.82, 2.24) is 0 Å². The predicted molar refractivity (Wildman–Crippen MR) is 69.3 cm³/mol. The molecule has 0 aliphatic rings. The molecular formula is C10H8Cl2O2S2. The van der Waals surface area contributed by atoms with Gasteiger partial charge >= 0.3 is 0 Å². The summed E-state index contributed by atoms with van der Waals surface area (Å²) in [4.78, 5) is 0. The summed E-state index contributed by atoms with van der Waals surface area (Å²) in [6.07, 6.45) is 0.613. The van der Waals surface area contributed by atoms with Crippen LogP contribution in [0.2, 0.25) is 5.02 Å². The normalized spacial score (nSPS) is 12.2. The number of halogens is 2. The molecule has 0 aliphatic heterocycles. The predicted octanol–water partition coefficient (Wildman–Crippen LogP) is 4.04. The summed E-state index contributed by atoms with van der Waals surface area (Å²) in [5.41, 5.74) is 0.748. The van der Waals surface area contributed by atoms with Gasteiger partial charge in [-0.1, -0.05) is 18.5 Å². The Balaban J connectivity index is 2.88. The van der Waals surface area contributed by atoms with Crippen LogP contribution < -0.4 is 0 Å². The molecule has 1 aromatic heterocycles. The summed E-state index contributed by atoms with van der Waals surface area (Å²) in [7, 11) is 1.73. The second-order valence-corrected chi connectivity index (χ2v) is 7.55. The molecule has 0 bridgehead atoms. The number of fused-ring (bicyclic) bond motifs is 1. The fraction of sp³-hybridized carbons (Fsp3) is 0.200. The highest BCUT2D eigenvalue weighted by atomic mass is 35.7. The Kier molecular flexibility index (Phi) is 3.18. The lowest BCUT2D eigenvalue weighted by molar-refractivity contribution is 0.610. The van der Waals surface area contributed by atoms with Gasteiger partial charge in [0.05, 0.1) is 0 Å². The van der Waals surface area contributed by atoms with Crippen LogP contribution >= 0.6 is 33.6 Å². The molecule has 0 N–H and O–H groups in total. The molecule has 2 nitrogen and oxygen atoms in total. The van der Waals surface area contributed by atoms with Gasteiger partial charge in [0.25, 0.3) is 9.05 Å². The number of rotatable bonds is 2. The fourth-order valence-corrected chi connectivity index (χ4v) is 4.59. The third-order valence-electron chi connectivity index (χ3n) is 2.29. The second-order valence-electron chi connectivity index (χ2n) is 3.30. The molecule has 0 unspecified atom stereocenters. The molecule has 2 aromatic rings. The van der Waals surface area contributed by atoms with Gasteiger partial charge < -0.3 is 0 Å². The highest BCUT2D eigenvalue weighted by molar-refractivity contribution is 8.15. The van der Waals surface area contributed by atoms with Crippen molar-refractivity contribution >= 4 is 52.8 Å². The Morgan fingerprint density at radius 2 is 2.06 bits per heavy atom. The van der Waals surface area contributed by atoms with E-state index in [1.165, 1.54) is 11.3 Å². The van der Waals surface area contributed by atoms with Crippen LogP contribution in [0.25, 0.3) is 10.1 Å². The largest absolute Gasteiger partial charge is 0.271 e. The first-order valence-electron chi connectivity index (χ1n) is 4.59. The van der Waals surface area contributed by atoms with Crippen molar-refractivity contribution in [3.63, 3.8) is 0 Å². The minimum Gasteiger partial charge on any atom is -0.206 e. The van der Waals surface area contributed by atoms with E-state index < -0.39 is 9.05 Å². The first-order valence-corrected chi connectivity index (χ1v) is 8.09. The van der Waals surface area contributed by atoms with Gasteiger partial charge in [0.1, 0.15) is 4.21 Å². The SMILES string of the molecule is CCc1c(S(=O)(=O)Cl)sc2ccc(Cl)cc12. The van der Waals surface area contributed by atoms with Gasteiger partial charge in [-0.15, -0.1) is 11.3 Å². The van der Waals surface area contributed by atoms with Crippen molar-refractivity contribution < 1.29 is 8.42 Å². The molecule has 0 saturated heterocycles. The molecule has 0 aliphatic carbocycles.